The second-order valence-corrected chi connectivity index (χ2v) is 9.59. The molecule has 1 aliphatic heterocycles. The van der Waals surface area contributed by atoms with Crippen molar-refractivity contribution in [3.63, 3.8) is 0 Å². The fourth-order valence-electron chi connectivity index (χ4n) is 3.09. The lowest BCUT2D eigenvalue weighted by Crippen LogP contribution is -2.27. The number of thioether (sulfide) groups is 1. The van der Waals surface area contributed by atoms with Gasteiger partial charge in [-0.05, 0) is 42.7 Å². The zero-order valence-electron chi connectivity index (χ0n) is 15.8. The number of benzene rings is 2. The summed E-state index contributed by atoms with van der Waals surface area (Å²) in [5.74, 6) is 0.818. The molecule has 11 heteroatoms. The van der Waals surface area contributed by atoms with Crippen LogP contribution in [0.3, 0.4) is 0 Å². The van der Waals surface area contributed by atoms with Gasteiger partial charge in [0, 0.05) is 36.5 Å². The Bertz CT molecular complexity index is 1140. The van der Waals surface area contributed by atoms with Gasteiger partial charge < -0.3 is 4.42 Å². The van der Waals surface area contributed by atoms with Crippen LogP contribution in [0.2, 0.25) is 0 Å². The van der Waals surface area contributed by atoms with Gasteiger partial charge in [-0.1, -0.05) is 23.9 Å². The number of nitrogens with zero attached hydrogens (tertiary/aromatic N) is 4. The first kappa shape index (κ1) is 20.5. The molecule has 0 N–H and O–H groups in total. The summed E-state index contributed by atoms with van der Waals surface area (Å²) in [6, 6.07) is 12.7. The van der Waals surface area contributed by atoms with Crippen LogP contribution in [-0.4, -0.2) is 40.9 Å². The van der Waals surface area contributed by atoms with Crippen LogP contribution in [0.15, 0.2) is 63.1 Å². The molecule has 1 aromatic heterocycles. The average molecular weight is 447 g/mol. The molecule has 1 fully saturated rings. The van der Waals surface area contributed by atoms with Gasteiger partial charge in [0.2, 0.25) is 15.9 Å². The Kier molecular flexibility index (Phi) is 5.84. The third-order valence-electron chi connectivity index (χ3n) is 4.72. The predicted molar refractivity (Wildman–Crippen MR) is 110 cm³/mol. The monoisotopic (exact) mass is 446 g/mol. The first-order chi connectivity index (χ1) is 14.4. The summed E-state index contributed by atoms with van der Waals surface area (Å²) < 4.78 is 32.3. The molecule has 0 bridgehead atoms. The number of hydrogen-bond acceptors (Lipinski definition) is 8. The van der Waals surface area contributed by atoms with Crippen molar-refractivity contribution in [2.75, 3.05) is 13.1 Å². The first-order valence-electron chi connectivity index (χ1n) is 9.24. The largest absolute Gasteiger partial charge is 0.411 e. The van der Waals surface area contributed by atoms with Crippen LogP contribution in [0.4, 0.5) is 5.69 Å². The minimum atomic E-state index is -3.46. The molecule has 30 heavy (non-hydrogen) atoms. The average Bonchev–Trinajstić information content (AvgIpc) is 3.45. The van der Waals surface area contributed by atoms with E-state index in [9.17, 15) is 18.5 Å². The summed E-state index contributed by atoms with van der Waals surface area (Å²) in [5.41, 5.74) is 1.56. The van der Waals surface area contributed by atoms with Crippen LogP contribution in [0.5, 0.6) is 0 Å². The van der Waals surface area contributed by atoms with Crippen molar-refractivity contribution in [2.45, 2.75) is 28.7 Å². The molecule has 0 saturated carbocycles. The topological polar surface area (TPSA) is 119 Å². The molecule has 0 radical (unpaired) electrons. The molecule has 4 rings (SSSR count). The third-order valence-corrected chi connectivity index (χ3v) is 7.52. The van der Waals surface area contributed by atoms with E-state index in [0.29, 0.717) is 35.5 Å². The van der Waals surface area contributed by atoms with Gasteiger partial charge in [-0.15, -0.1) is 10.2 Å². The molecule has 9 nitrogen and oxygen atoms in total. The fourth-order valence-corrected chi connectivity index (χ4v) is 5.33. The molecular formula is C19H18N4O5S2. The van der Waals surface area contributed by atoms with E-state index in [0.717, 1.165) is 18.4 Å². The molecule has 0 spiro atoms. The number of rotatable bonds is 7. The van der Waals surface area contributed by atoms with Gasteiger partial charge in [0.05, 0.1) is 9.82 Å². The second-order valence-electron chi connectivity index (χ2n) is 6.72. The summed E-state index contributed by atoms with van der Waals surface area (Å²) in [5, 5.41) is 19.1. The number of nitro groups is 1. The lowest BCUT2D eigenvalue weighted by molar-refractivity contribution is -0.384. The van der Waals surface area contributed by atoms with Gasteiger partial charge in [0.15, 0.2) is 0 Å². The van der Waals surface area contributed by atoms with Crippen LogP contribution in [0.1, 0.15) is 18.4 Å². The number of hydrogen-bond donors (Lipinski definition) is 0. The highest BCUT2D eigenvalue weighted by Gasteiger charge is 2.27. The molecule has 156 valence electrons. The maximum Gasteiger partial charge on any atom is 0.277 e. The van der Waals surface area contributed by atoms with Gasteiger partial charge in [-0.2, -0.15) is 4.31 Å². The molecule has 1 saturated heterocycles. The van der Waals surface area contributed by atoms with E-state index >= 15 is 0 Å². The number of aromatic nitrogens is 2. The smallest absolute Gasteiger partial charge is 0.277 e. The Balaban J connectivity index is 1.41. The van der Waals surface area contributed by atoms with E-state index < -0.39 is 14.9 Å². The molecule has 1 aliphatic rings. The van der Waals surface area contributed by atoms with Crippen molar-refractivity contribution in [3.05, 3.63) is 64.2 Å². The highest BCUT2D eigenvalue weighted by molar-refractivity contribution is 7.98. The molecule has 0 aliphatic carbocycles. The number of sulfonamides is 1. The SMILES string of the molecule is O=[N+]([O-])c1ccc(CSc2nnc(-c3ccc(S(=O)(=O)N4CCCC4)cc3)o2)cc1. The molecule has 0 atom stereocenters. The van der Waals surface area contributed by atoms with Crippen LogP contribution >= 0.6 is 11.8 Å². The summed E-state index contributed by atoms with van der Waals surface area (Å²) in [4.78, 5) is 10.5. The van der Waals surface area contributed by atoms with Gasteiger partial charge >= 0.3 is 0 Å². The quantitative estimate of drug-likeness (QED) is 0.306. The Labute approximate surface area is 177 Å². The highest BCUT2D eigenvalue weighted by atomic mass is 32.2. The van der Waals surface area contributed by atoms with E-state index in [4.69, 9.17) is 4.42 Å². The van der Waals surface area contributed by atoms with Crippen molar-refractivity contribution < 1.29 is 17.8 Å². The normalized spacial score (nSPS) is 14.8. The molecule has 0 unspecified atom stereocenters. The molecular weight excluding hydrogens is 428 g/mol. The Morgan fingerprint density at radius 2 is 1.70 bits per heavy atom. The minimum Gasteiger partial charge on any atom is -0.411 e. The van der Waals surface area contributed by atoms with Crippen molar-refractivity contribution >= 4 is 27.5 Å². The zero-order chi connectivity index (χ0) is 21.1. The lowest BCUT2D eigenvalue weighted by Gasteiger charge is -2.15. The Morgan fingerprint density at radius 1 is 1.03 bits per heavy atom. The molecule has 3 aromatic rings. The fraction of sp³-hybridized carbons (Fsp3) is 0.263. The van der Waals surface area contributed by atoms with E-state index in [1.807, 2.05) is 0 Å². The van der Waals surface area contributed by atoms with Crippen molar-refractivity contribution in [1.82, 2.24) is 14.5 Å². The van der Waals surface area contributed by atoms with Crippen LogP contribution in [-0.2, 0) is 15.8 Å². The van der Waals surface area contributed by atoms with Gasteiger partial charge in [0.1, 0.15) is 0 Å². The Morgan fingerprint density at radius 3 is 2.33 bits per heavy atom. The van der Waals surface area contributed by atoms with Gasteiger partial charge in [-0.3, -0.25) is 10.1 Å². The van der Waals surface area contributed by atoms with Crippen LogP contribution < -0.4 is 0 Å². The molecule has 2 aromatic carbocycles. The van der Waals surface area contributed by atoms with Crippen LogP contribution in [0, 0.1) is 10.1 Å². The van der Waals surface area contributed by atoms with E-state index in [1.165, 1.54) is 28.2 Å². The van der Waals surface area contributed by atoms with Crippen molar-refractivity contribution in [3.8, 4) is 11.5 Å². The summed E-state index contributed by atoms with van der Waals surface area (Å²) in [6.07, 6.45) is 1.78. The standard InChI is InChI=1S/C19H18N4O5S2/c24-23(25)16-7-3-14(4-8-16)13-29-19-21-20-18(28-19)15-5-9-17(10-6-15)30(26,27)22-11-1-2-12-22/h3-10H,1-2,11-13H2. The summed E-state index contributed by atoms with van der Waals surface area (Å²) in [7, 11) is -3.46. The maximum absolute atomic E-state index is 12.6. The van der Waals surface area contributed by atoms with Gasteiger partial charge in [-0.25, -0.2) is 8.42 Å². The lowest BCUT2D eigenvalue weighted by atomic mass is 10.2. The third kappa shape index (κ3) is 4.37. The number of non-ortho nitro benzene ring substituents is 1. The zero-order valence-corrected chi connectivity index (χ0v) is 17.4. The van der Waals surface area contributed by atoms with E-state index in [2.05, 4.69) is 10.2 Å². The van der Waals surface area contributed by atoms with Crippen molar-refractivity contribution in [2.24, 2.45) is 0 Å². The van der Waals surface area contributed by atoms with Gasteiger partial charge in [0.25, 0.3) is 10.9 Å². The van der Waals surface area contributed by atoms with E-state index in [1.54, 1.807) is 36.4 Å². The molecule has 2 heterocycles. The van der Waals surface area contributed by atoms with Crippen molar-refractivity contribution in [1.29, 1.82) is 0 Å². The molecule has 0 amide bonds. The predicted octanol–water partition coefficient (Wildman–Crippen LogP) is 3.72. The number of nitro benzene ring substituents is 1. The van der Waals surface area contributed by atoms with Crippen LogP contribution in [0.25, 0.3) is 11.5 Å². The highest BCUT2D eigenvalue weighted by Crippen LogP contribution is 2.28. The maximum atomic E-state index is 12.6. The first-order valence-corrected chi connectivity index (χ1v) is 11.7. The minimum absolute atomic E-state index is 0.0408. The van der Waals surface area contributed by atoms with E-state index in [-0.39, 0.29) is 10.6 Å². The summed E-state index contributed by atoms with van der Waals surface area (Å²) in [6.45, 7) is 1.12. The Hall–Kier alpha value is -2.76. The summed E-state index contributed by atoms with van der Waals surface area (Å²) >= 11 is 1.31. The second kappa shape index (κ2) is 8.54.